The smallest absolute Gasteiger partial charge is 0.330 e. The number of aliphatic hydroxyl groups is 8. The van der Waals surface area contributed by atoms with E-state index in [1.165, 1.54) is 33.0 Å². The molecule has 24 N–H and O–H groups in total. The number of hydrogen-bond donors (Lipinski definition) is 22. The number of halogens is 2. The molecule has 15 rings (SSSR count). The number of aliphatic hydroxyl groups excluding tert-OH is 8. The van der Waals surface area contributed by atoms with Crippen LogP contribution in [-0.4, -0.2) is 245 Å². The predicted molar refractivity (Wildman–Crippen MR) is 451 cm³/mol. The van der Waals surface area contributed by atoms with Gasteiger partial charge >= 0.3 is 5.97 Å². The van der Waals surface area contributed by atoms with Gasteiger partial charge in [-0.3, -0.25) is 33.6 Å². The van der Waals surface area contributed by atoms with E-state index < -0.39 is 279 Å². The monoisotopic (exact) mass is 1820 g/mol. The number of phenolic OH excluding ortho intramolecular Hbond substituents is 3. The SMILES string of the molecule is CN[C@H](CC(C)C)C(=O)NC1C(=O)N[C@@H](CC(N)=O)C(=O)N[C@H]2C(=O)N[C@H]3C(=O)N[C@H](C(=O)N[C@@H](C(=O)O)c4cc(O)cc(O)c4-c4cc3ccc4O)[C@H](O[C@H]3C[C@](C)(N)[C@@H](O)[C@H](C)O3)c3ccc(c(Cl)c3)Oc3cc2cc(c3O[C@@H]2O[C@H](CO)[C@@H](O[C@@H]3O[C@H](CNCC/C=C/c4ccc(-c5ccccc5)s4)[C@H](O)[C@H](O)[C@H]3O)[C@H](O)[C@H]2O)Oc2ccc(cc2Cl)[C@H]1O. The highest BCUT2D eigenvalue weighted by Gasteiger charge is 2.53. The normalized spacial score (nSPS) is 29.6. The van der Waals surface area contributed by atoms with Gasteiger partial charge in [0, 0.05) is 51.0 Å². The fourth-order valence-electron chi connectivity index (χ4n) is 15.8. The number of carbonyl (C=O) groups is 8. The van der Waals surface area contributed by atoms with E-state index in [0.717, 1.165) is 82.0 Å². The molecule has 7 amide bonds. The van der Waals surface area contributed by atoms with Crippen molar-refractivity contribution >= 4 is 87.9 Å². The molecule has 0 radical (unpaired) electrons. The number of aliphatic carboxylic acids is 1. The number of carboxylic acids is 1. The average molecular weight is 1820 g/mol. The van der Waals surface area contributed by atoms with Gasteiger partial charge in [-0.05, 0) is 147 Å². The number of phenols is 3. The third-order valence-corrected chi connectivity index (χ3v) is 24.2. The zero-order valence-corrected chi connectivity index (χ0v) is 71.0. The van der Waals surface area contributed by atoms with Crippen molar-refractivity contribution in [1.29, 1.82) is 0 Å². The van der Waals surface area contributed by atoms with Crippen LogP contribution in [0.4, 0.5) is 0 Å². The van der Waals surface area contributed by atoms with E-state index in [9.17, 15) is 75.7 Å². The maximum atomic E-state index is 16.4. The van der Waals surface area contributed by atoms with Gasteiger partial charge in [0.2, 0.25) is 53.4 Å². The van der Waals surface area contributed by atoms with Gasteiger partial charge in [-0.2, -0.15) is 0 Å². The zero-order chi connectivity index (χ0) is 91.5. The minimum absolute atomic E-state index is 0.125. The van der Waals surface area contributed by atoms with Crippen LogP contribution in [0.3, 0.4) is 0 Å². The summed E-state index contributed by atoms with van der Waals surface area (Å²) in [5, 5.41) is 159. The van der Waals surface area contributed by atoms with E-state index >= 15 is 24.0 Å². The summed E-state index contributed by atoms with van der Waals surface area (Å²) >= 11 is 16.1. The number of nitrogens with two attached hydrogens (primary N) is 2. The van der Waals surface area contributed by atoms with E-state index in [4.69, 9.17) is 72.6 Å². The van der Waals surface area contributed by atoms with Crippen molar-refractivity contribution in [2.45, 2.75) is 193 Å². The first kappa shape index (κ1) is 93.9. The standard InChI is InChI=1S/C86H98Cl2N10O28S/c1-35(2)23-48(91-5)77(111)97-65-67(104)39-15-19-52(46(87)25-39)120-54-27-41-28-55(74(54)125-85-72(109)70(107)75(57(34-99)123-85)126-84-71(108)69(106)68(105)56(122-84)33-92-22-10-9-13-43-17-21-58(127-43)37-11-7-6-8-12-37)121-53-20-16-40(26-47(53)88)73(124-60-32-86(4,90)76(110)36(3)119-60)66-82(116)96-64(83(117)118)45-29-42(100)30-51(102)61(45)44-24-38(14-18-50(44)101)62(79(113)98-66)95-80(114)63(41)94-78(112)49(31-59(89)103)93-81(65)115/h6-9,11-21,24-30,35-36,48-49,56-57,60,62-73,75-76,84-85,91-92,99-102,104-110H,10,22-23,31-34,90H2,1-5H3,(H2,89,103)(H,93,115)(H,94,112)(H,95,114)(H,96,116)(H,97,111)(H,98,113)(H,117,118)/b13-9+/t36-,48+,49-,56+,57+,60-,62+,63+,64+,65?,66-,67+,68-,69-,70+,71+,72+,73+,75+,76-,84-,85-,86-/m0/s1. The molecule has 8 aliphatic rings. The Morgan fingerprint density at radius 2 is 1.32 bits per heavy atom. The van der Waals surface area contributed by atoms with Gasteiger partial charge in [-0.15, -0.1) is 11.3 Å². The largest absolute Gasteiger partial charge is 0.508 e. The predicted octanol–water partition coefficient (Wildman–Crippen LogP) is 2.36. The van der Waals surface area contributed by atoms with Gasteiger partial charge in [0.05, 0.1) is 41.3 Å². The lowest BCUT2D eigenvalue weighted by Crippen LogP contribution is -2.65. The third-order valence-electron chi connectivity index (χ3n) is 22.5. The molecule has 3 saturated heterocycles. The lowest BCUT2D eigenvalue weighted by atomic mass is 9.86. The number of rotatable bonds is 22. The minimum Gasteiger partial charge on any atom is -0.508 e. The quantitative estimate of drug-likeness (QED) is 0.0433. The van der Waals surface area contributed by atoms with Crippen molar-refractivity contribution in [1.82, 2.24) is 42.5 Å². The second kappa shape index (κ2) is 39.9. The lowest BCUT2D eigenvalue weighted by Gasteiger charge is -2.46. The third kappa shape index (κ3) is 21.0. The van der Waals surface area contributed by atoms with Gasteiger partial charge in [-0.1, -0.05) is 91.7 Å². The summed E-state index contributed by atoms with van der Waals surface area (Å²) in [4.78, 5) is 122. The van der Waals surface area contributed by atoms with E-state index in [2.05, 4.69) is 42.5 Å². The average Bonchev–Trinajstić information content (AvgIpc) is 1.44. The summed E-state index contributed by atoms with van der Waals surface area (Å²) in [7, 11) is 1.46. The molecule has 41 heteroatoms. The van der Waals surface area contributed by atoms with Crippen LogP contribution in [-0.2, 0) is 62.0 Å². The Morgan fingerprint density at radius 3 is 1.98 bits per heavy atom. The number of carboxylic acid groups (broad SMARTS) is 1. The van der Waals surface area contributed by atoms with E-state index in [-0.39, 0.29) is 42.0 Å². The van der Waals surface area contributed by atoms with Crippen molar-refractivity contribution in [3.63, 3.8) is 0 Å². The maximum absolute atomic E-state index is 16.4. The first-order valence-corrected chi connectivity index (χ1v) is 42.1. The van der Waals surface area contributed by atoms with Crippen molar-refractivity contribution in [3.8, 4) is 67.6 Å². The highest BCUT2D eigenvalue weighted by molar-refractivity contribution is 7.16. The molecule has 9 heterocycles. The van der Waals surface area contributed by atoms with Crippen LogP contribution in [0.5, 0.6) is 46.0 Å². The Bertz CT molecular complexity index is 5280. The Kier molecular flexibility index (Phi) is 29.5. The van der Waals surface area contributed by atoms with E-state index in [1.807, 2.05) is 68.5 Å². The van der Waals surface area contributed by atoms with Crippen LogP contribution in [0, 0.1) is 5.92 Å². The number of amides is 7. The number of benzene rings is 6. The first-order chi connectivity index (χ1) is 60.4. The van der Waals surface area contributed by atoms with Crippen molar-refractivity contribution in [3.05, 3.63) is 170 Å². The number of nitrogens with one attached hydrogen (secondary N) is 8. The van der Waals surface area contributed by atoms with Gasteiger partial charge < -0.3 is 153 Å². The number of thiophene rings is 1. The fraction of sp³-hybridized carbons (Fsp3) is 0.419. The summed E-state index contributed by atoms with van der Waals surface area (Å²) in [6.45, 7) is 5.66. The van der Waals surface area contributed by atoms with Crippen molar-refractivity contribution < 1.29 is 138 Å². The number of hydrogen-bond acceptors (Lipinski definition) is 31. The summed E-state index contributed by atoms with van der Waals surface area (Å²) in [5.74, 6) is -16.6. The Labute approximate surface area is 739 Å². The number of primary amides is 1. The number of ether oxygens (including phenoxy) is 8. The van der Waals surface area contributed by atoms with Crippen molar-refractivity contribution in [2.24, 2.45) is 17.4 Å². The summed E-state index contributed by atoms with van der Waals surface area (Å²) in [5.41, 5.74) is 9.10. The number of carbonyl (C=O) groups excluding carboxylic acids is 7. The molecule has 0 spiro atoms. The number of fused-ring (bicyclic) bond motifs is 15. The van der Waals surface area contributed by atoms with E-state index in [0.29, 0.717) is 13.0 Å². The van der Waals surface area contributed by atoms with E-state index in [1.54, 1.807) is 11.3 Å². The first-order valence-electron chi connectivity index (χ1n) is 40.5. The molecule has 6 aromatic carbocycles. The second-order valence-corrected chi connectivity index (χ2v) is 34.2. The van der Waals surface area contributed by atoms with Crippen LogP contribution in [0.25, 0.3) is 27.6 Å². The van der Waals surface area contributed by atoms with Crippen LogP contribution in [0.1, 0.15) is 116 Å². The highest BCUT2D eigenvalue weighted by atomic mass is 35.5. The van der Waals surface area contributed by atoms with Crippen LogP contribution in [0.2, 0.25) is 10.0 Å². The molecule has 1 aromatic heterocycles. The zero-order valence-electron chi connectivity index (χ0n) is 68.6. The van der Waals surface area contributed by atoms with Crippen LogP contribution < -0.4 is 68.2 Å². The second-order valence-electron chi connectivity index (χ2n) is 32.3. The Balaban J connectivity index is 0.946. The molecule has 3 fully saturated rings. The molecule has 680 valence electrons. The molecule has 1 unspecified atom stereocenters. The molecule has 0 saturated carbocycles. The molecule has 38 nitrogen and oxygen atoms in total. The molecule has 23 atom stereocenters. The lowest BCUT2D eigenvalue weighted by molar-refractivity contribution is -0.350. The fourth-order valence-corrected chi connectivity index (χ4v) is 17.2. The molecular weight excluding hydrogens is 1720 g/mol. The van der Waals surface area contributed by atoms with Gasteiger partial charge in [0.25, 0.3) is 0 Å². The van der Waals surface area contributed by atoms with Gasteiger partial charge in [0.1, 0.15) is 120 Å². The van der Waals surface area contributed by atoms with Gasteiger partial charge in [-0.25, -0.2) is 4.79 Å². The Morgan fingerprint density at radius 1 is 0.677 bits per heavy atom. The van der Waals surface area contributed by atoms with Crippen LogP contribution in [0.15, 0.2) is 127 Å². The molecule has 8 aliphatic heterocycles. The minimum atomic E-state index is -2.42. The molecular formula is C86H98Cl2N10O28S. The molecule has 127 heavy (non-hydrogen) atoms. The topological polar surface area (TPSA) is 601 Å². The summed E-state index contributed by atoms with van der Waals surface area (Å²) < 4.78 is 51.3. The molecule has 0 aliphatic carbocycles. The van der Waals surface area contributed by atoms with Crippen LogP contribution >= 0.6 is 34.5 Å². The Hall–Kier alpha value is -10.7. The van der Waals surface area contributed by atoms with Crippen molar-refractivity contribution in [2.75, 3.05) is 26.7 Å². The highest BCUT2D eigenvalue weighted by Crippen LogP contribution is 2.51. The van der Waals surface area contributed by atoms with Gasteiger partial charge in [0.15, 0.2) is 30.1 Å². The maximum Gasteiger partial charge on any atom is 0.330 e. The molecule has 11 bridgehead atoms. The summed E-state index contributed by atoms with van der Waals surface area (Å²) in [6.07, 6.45) is -24.5. The number of likely N-dealkylation sites (N-methyl/N-ethyl adjacent to an activating group) is 1. The number of aromatic hydroxyl groups is 3. The summed E-state index contributed by atoms with van der Waals surface area (Å²) in [6, 6.07) is 12.9. The molecule has 7 aromatic rings.